The number of rotatable bonds is 5. The Kier molecular flexibility index (Phi) is 7.58. The summed E-state index contributed by atoms with van der Waals surface area (Å²) in [5.74, 6) is 0.0836. The molecule has 0 spiro atoms. The average Bonchev–Trinajstić information content (AvgIpc) is 2.16. The predicted molar refractivity (Wildman–Crippen MR) is 71.2 cm³/mol. The molecule has 0 bridgehead atoms. The molecule has 17 heavy (non-hydrogen) atoms. The maximum atomic E-state index is 12.0. The molecule has 0 aromatic rings. The van der Waals surface area contributed by atoms with E-state index in [2.05, 4.69) is 5.32 Å². The smallest absolute Gasteiger partial charge is 0.216 e. The minimum atomic E-state index is -3.15. The van der Waals surface area contributed by atoms with Crippen LogP contribution in [0, 0.1) is 0 Å². The number of nitrogens with one attached hydrogen (secondary N) is 1. The summed E-state index contributed by atoms with van der Waals surface area (Å²) in [6.45, 7) is 7.82. The lowest BCUT2D eigenvalue weighted by atomic mass is 10.2. The first-order valence-corrected chi connectivity index (χ1v) is 7.38. The molecule has 1 aliphatic heterocycles. The lowest BCUT2D eigenvalue weighted by Crippen LogP contribution is -2.56. The van der Waals surface area contributed by atoms with Crippen LogP contribution in [0.2, 0.25) is 0 Å². The van der Waals surface area contributed by atoms with Gasteiger partial charge in [0.15, 0.2) is 0 Å². The van der Waals surface area contributed by atoms with E-state index < -0.39 is 10.0 Å². The van der Waals surface area contributed by atoms with Crippen LogP contribution < -0.4 is 5.32 Å². The second-order valence-electron chi connectivity index (χ2n) is 4.30. The van der Waals surface area contributed by atoms with Gasteiger partial charge in [0.05, 0.1) is 12.4 Å². The van der Waals surface area contributed by atoms with Gasteiger partial charge >= 0.3 is 0 Å². The maximum Gasteiger partial charge on any atom is 0.216 e. The highest BCUT2D eigenvalue weighted by Gasteiger charge is 2.29. The fourth-order valence-corrected chi connectivity index (χ4v) is 3.43. The lowest BCUT2D eigenvalue weighted by molar-refractivity contribution is 0.161. The standard InChI is InChI=1S/C10H22N2O3S.ClH/c1-4-15-5-6-16(13,14)12-7-9(2)11-10(3)8-12;/h9-11H,4-8H2,1-3H3;1H. The molecule has 5 nitrogen and oxygen atoms in total. The summed E-state index contributed by atoms with van der Waals surface area (Å²) in [5, 5.41) is 3.31. The highest BCUT2D eigenvalue weighted by molar-refractivity contribution is 7.89. The van der Waals surface area contributed by atoms with E-state index in [4.69, 9.17) is 4.74 Å². The van der Waals surface area contributed by atoms with E-state index in [9.17, 15) is 8.42 Å². The molecule has 2 atom stereocenters. The van der Waals surface area contributed by atoms with Gasteiger partial charge in [-0.05, 0) is 20.8 Å². The van der Waals surface area contributed by atoms with Crippen molar-refractivity contribution in [1.82, 2.24) is 9.62 Å². The summed E-state index contributed by atoms with van der Waals surface area (Å²) in [6.07, 6.45) is 0. The molecule has 1 fully saturated rings. The van der Waals surface area contributed by atoms with Crippen molar-refractivity contribution < 1.29 is 13.2 Å². The molecule has 0 radical (unpaired) electrons. The molecule has 104 valence electrons. The van der Waals surface area contributed by atoms with Crippen LogP contribution in [0.3, 0.4) is 0 Å². The van der Waals surface area contributed by atoms with E-state index in [0.29, 0.717) is 19.7 Å². The summed E-state index contributed by atoms with van der Waals surface area (Å²) in [4.78, 5) is 0. The van der Waals surface area contributed by atoms with Crippen LogP contribution in [0.4, 0.5) is 0 Å². The molecule has 1 rings (SSSR count). The van der Waals surface area contributed by atoms with E-state index >= 15 is 0 Å². The molecule has 1 aliphatic rings. The van der Waals surface area contributed by atoms with Gasteiger partial charge in [0.2, 0.25) is 10.0 Å². The zero-order valence-corrected chi connectivity index (χ0v) is 12.3. The minimum absolute atomic E-state index is 0. The van der Waals surface area contributed by atoms with Gasteiger partial charge < -0.3 is 10.1 Å². The lowest BCUT2D eigenvalue weighted by Gasteiger charge is -2.35. The molecule has 1 saturated heterocycles. The van der Waals surface area contributed by atoms with Crippen molar-refractivity contribution >= 4 is 22.4 Å². The van der Waals surface area contributed by atoms with Crippen LogP contribution in [0.15, 0.2) is 0 Å². The van der Waals surface area contributed by atoms with Gasteiger partial charge in [-0.1, -0.05) is 0 Å². The van der Waals surface area contributed by atoms with Crippen LogP contribution in [-0.4, -0.2) is 56.9 Å². The number of sulfonamides is 1. The van der Waals surface area contributed by atoms with E-state index in [0.717, 1.165) is 0 Å². The largest absolute Gasteiger partial charge is 0.381 e. The Morgan fingerprint density at radius 2 is 1.82 bits per heavy atom. The molecule has 7 heteroatoms. The van der Waals surface area contributed by atoms with Gasteiger partial charge in [0.25, 0.3) is 0 Å². The number of hydrogen-bond acceptors (Lipinski definition) is 4. The normalized spacial score (nSPS) is 26.5. The van der Waals surface area contributed by atoms with E-state index in [1.165, 1.54) is 0 Å². The summed E-state index contributed by atoms with van der Waals surface area (Å²) in [5.41, 5.74) is 0. The average molecular weight is 287 g/mol. The maximum absolute atomic E-state index is 12.0. The minimum Gasteiger partial charge on any atom is -0.381 e. The quantitative estimate of drug-likeness (QED) is 0.746. The highest BCUT2D eigenvalue weighted by atomic mass is 35.5. The predicted octanol–water partition coefficient (Wildman–Crippen LogP) is 0.457. The number of halogens is 1. The first-order chi connectivity index (χ1) is 7.45. The van der Waals surface area contributed by atoms with Gasteiger partial charge in [-0.3, -0.25) is 0 Å². The molecule has 2 unspecified atom stereocenters. The monoisotopic (exact) mass is 286 g/mol. The van der Waals surface area contributed by atoms with Crippen molar-refractivity contribution in [1.29, 1.82) is 0 Å². The highest BCUT2D eigenvalue weighted by Crippen LogP contribution is 2.10. The summed E-state index contributed by atoms with van der Waals surface area (Å²) in [7, 11) is -3.15. The number of ether oxygens (including phenoxy) is 1. The second kappa shape index (κ2) is 7.53. The van der Waals surface area contributed by atoms with Crippen LogP contribution in [0.1, 0.15) is 20.8 Å². The Morgan fingerprint density at radius 3 is 2.29 bits per heavy atom. The van der Waals surface area contributed by atoms with Crippen molar-refractivity contribution in [2.75, 3.05) is 32.1 Å². The summed E-state index contributed by atoms with van der Waals surface area (Å²) in [6, 6.07) is 0.427. The molecular weight excluding hydrogens is 264 g/mol. The van der Waals surface area contributed by atoms with Crippen LogP contribution in [-0.2, 0) is 14.8 Å². The van der Waals surface area contributed by atoms with Gasteiger partial charge in [-0.2, -0.15) is 4.31 Å². The van der Waals surface area contributed by atoms with Gasteiger partial charge in [0.1, 0.15) is 0 Å². The Morgan fingerprint density at radius 1 is 1.29 bits per heavy atom. The zero-order valence-electron chi connectivity index (χ0n) is 10.7. The second-order valence-corrected chi connectivity index (χ2v) is 6.39. The third-order valence-electron chi connectivity index (χ3n) is 2.61. The van der Waals surface area contributed by atoms with E-state index in [1.54, 1.807) is 4.31 Å². The Bertz CT molecular complexity index is 301. The van der Waals surface area contributed by atoms with Crippen molar-refractivity contribution in [2.45, 2.75) is 32.9 Å². The topological polar surface area (TPSA) is 58.6 Å². The van der Waals surface area contributed by atoms with Gasteiger partial charge in [0, 0.05) is 31.8 Å². The molecule has 1 N–H and O–H groups in total. The van der Waals surface area contributed by atoms with Crippen molar-refractivity contribution in [3.8, 4) is 0 Å². The van der Waals surface area contributed by atoms with E-state index in [-0.39, 0.29) is 36.9 Å². The van der Waals surface area contributed by atoms with Gasteiger partial charge in [-0.15, -0.1) is 12.4 Å². The van der Waals surface area contributed by atoms with Crippen molar-refractivity contribution in [2.24, 2.45) is 0 Å². The fourth-order valence-electron chi connectivity index (χ4n) is 1.94. The number of piperazine rings is 1. The molecule has 0 aromatic heterocycles. The third-order valence-corrected chi connectivity index (χ3v) is 4.37. The van der Waals surface area contributed by atoms with Crippen molar-refractivity contribution in [3.63, 3.8) is 0 Å². The summed E-state index contributed by atoms with van der Waals surface area (Å²) < 4.78 is 30.6. The van der Waals surface area contributed by atoms with Crippen LogP contribution >= 0.6 is 12.4 Å². The number of nitrogens with zero attached hydrogens (tertiary/aromatic N) is 1. The van der Waals surface area contributed by atoms with E-state index in [1.807, 2.05) is 20.8 Å². The molecule has 1 heterocycles. The molecule has 0 aliphatic carbocycles. The first kappa shape index (κ1) is 17.1. The van der Waals surface area contributed by atoms with Crippen LogP contribution in [0.5, 0.6) is 0 Å². The Hall–Kier alpha value is 0.120. The third kappa shape index (κ3) is 5.52. The molecular formula is C10H23ClN2O3S. The fraction of sp³-hybridized carbons (Fsp3) is 1.00. The molecule has 0 saturated carbocycles. The molecule has 0 amide bonds. The Balaban J connectivity index is 0.00000256. The Labute approximate surface area is 110 Å². The summed E-state index contributed by atoms with van der Waals surface area (Å²) >= 11 is 0. The van der Waals surface area contributed by atoms with Gasteiger partial charge in [-0.25, -0.2) is 8.42 Å². The van der Waals surface area contributed by atoms with Crippen molar-refractivity contribution in [3.05, 3.63) is 0 Å². The molecule has 0 aromatic carbocycles. The SMILES string of the molecule is CCOCCS(=O)(=O)N1CC(C)NC(C)C1.Cl. The zero-order chi connectivity index (χ0) is 12.2. The van der Waals surface area contributed by atoms with Crippen LogP contribution in [0.25, 0.3) is 0 Å². The number of hydrogen-bond donors (Lipinski definition) is 1. The first-order valence-electron chi connectivity index (χ1n) is 5.77.